The lowest BCUT2D eigenvalue weighted by atomic mass is 10.1. The van der Waals surface area contributed by atoms with Crippen molar-refractivity contribution in [2.45, 2.75) is 0 Å². The van der Waals surface area contributed by atoms with Crippen LogP contribution in [0.5, 0.6) is 5.75 Å². The predicted molar refractivity (Wildman–Crippen MR) is 75.4 cm³/mol. The maximum Gasteiger partial charge on any atom is 0.255 e. The topological polar surface area (TPSA) is 129 Å². The van der Waals surface area contributed by atoms with Crippen molar-refractivity contribution < 1.29 is 9.53 Å². The van der Waals surface area contributed by atoms with E-state index >= 15 is 0 Å². The molecule has 0 aliphatic heterocycles. The highest BCUT2D eigenvalue weighted by Gasteiger charge is 2.14. The minimum Gasteiger partial charge on any atom is -0.496 e. The van der Waals surface area contributed by atoms with Crippen molar-refractivity contribution in [3.05, 3.63) is 22.7 Å². The number of methoxy groups -OCH3 is 1. The number of ether oxygens (including phenoxy) is 1. The molecule has 0 saturated carbocycles. The van der Waals surface area contributed by atoms with Crippen LogP contribution in [0.15, 0.2) is 17.1 Å². The maximum absolute atomic E-state index is 11.9. The van der Waals surface area contributed by atoms with Crippen LogP contribution in [0.1, 0.15) is 10.4 Å². The number of carbonyl (C=O) groups is 1. The standard InChI is InChI=1S/C11H16ClN5O2/c1-19-9-5-8(13)7(12)4-6(9)10(18)16-2-3-17-11(14)15/h4-5H,2-3,13H2,1H3,(H,16,18)(H4,14,15,17). The lowest BCUT2D eigenvalue weighted by molar-refractivity contribution is 0.0952. The van der Waals surface area contributed by atoms with E-state index < -0.39 is 0 Å². The first-order valence-corrected chi connectivity index (χ1v) is 5.80. The summed E-state index contributed by atoms with van der Waals surface area (Å²) in [7, 11) is 1.44. The quantitative estimate of drug-likeness (QED) is 0.261. The Balaban J connectivity index is 2.76. The van der Waals surface area contributed by atoms with Crippen LogP contribution in [0.25, 0.3) is 0 Å². The van der Waals surface area contributed by atoms with Crippen LogP contribution >= 0.6 is 11.6 Å². The van der Waals surface area contributed by atoms with E-state index in [-0.39, 0.29) is 16.9 Å². The van der Waals surface area contributed by atoms with E-state index in [0.29, 0.717) is 30.1 Å². The van der Waals surface area contributed by atoms with Gasteiger partial charge in [-0.15, -0.1) is 0 Å². The highest BCUT2D eigenvalue weighted by atomic mass is 35.5. The Labute approximate surface area is 115 Å². The molecule has 0 radical (unpaired) electrons. The summed E-state index contributed by atoms with van der Waals surface area (Å²) in [5.41, 5.74) is 16.6. The molecular formula is C11H16ClN5O2. The van der Waals surface area contributed by atoms with Gasteiger partial charge in [0, 0.05) is 12.6 Å². The number of hydrogen-bond donors (Lipinski definition) is 4. The fourth-order valence-corrected chi connectivity index (χ4v) is 1.53. The van der Waals surface area contributed by atoms with Crippen molar-refractivity contribution in [1.82, 2.24) is 5.32 Å². The van der Waals surface area contributed by atoms with Crippen LogP contribution in [-0.2, 0) is 0 Å². The zero-order valence-corrected chi connectivity index (χ0v) is 11.2. The molecule has 0 bridgehead atoms. The number of nitrogens with two attached hydrogens (primary N) is 3. The average molecular weight is 286 g/mol. The van der Waals surface area contributed by atoms with Crippen LogP contribution in [0.3, 0.4) is 0 Å². The molecule has 1 amide bonds. The molecule has 19 heavy (non-hydrogen) atoms. The number of halogens is 1. The zero-order valence-electron chi connectivity index (χ0n) is 10.4. The number of guanidine groups is 1. The third-order valence-corrected chi connectivity index (χ3v) is 2.58. The Morgan fingerprint density at radius 3 is 2.74 bits per heavy atom. The molecule has 8 heteroatoms. The average Bonchev–Trinajstić information content (AvgIpc) is 2.36. The molecule has 7 N–H and O–H groups in total. The number of benzene rings is 1. The SMILES string of the molecule is COc1cc(N)c(Cl)cc1C(=O)NCCN=C(N)N. The van der Waals surface area contributed by atoms with Gasteiger partial charge in [-0.1, -0.05) is 11.6 Å². The highest BCUT2D eigenvalue weighted by Crippen LogP contribution is 2.28. The largest absolute Gasteiger partial charge is 0.496 e. The Bertz CT molecular complexity index is 500. The minimum atomic E-state index is -0.343. The van der Waals surface area contributed by atoms with Crippen LogP contribution in [0.2, 0.25) is 5.02 Å². The molecular weight excluding hydrogens is 270 g/mol. The fraction of sp³-hybridized carbons (Fsp3) is 0.273. The predicted octanol–water partition coefficient (Wildman–Crippen LogP) is -0.0660. The number of nitrogen functional groups attached to an aromatic ring is 1. The van der Waals surface area contributed by atoms with Crippen molar-refractivity contribution in [3.8, 4) is 5.75 Å². The van der Waals surface area contributed by atoms with E-state index in [1.165, 1.54) is 19.2 Å². The molecule has 0 aliphatic carbocycles. The van der Waals surface area contributed by atoms with Crippen LogP contribution in [0.4, 0.5) is 5.69 Å². The van der Waals surface area contributed by atoms with Crippen LogP contribution < -0.4 is 27.3 Å². The van der Waals surface area contributed by atoms with Gasteiger partial charge in [-0.25, -0.2) is 0 Å². The zero-order chi connectivity index (χ0) is 14.4. The third kappa shape index (κ3) is 4.22. The number of anilines is 1. The summed E-state index contributed by atoms with van der Waals surface area (Å²) >= 11 is 5.87. The first kappa shape index (κ1) is 14.9. The summed E-state index contributed by atoms with van der Waals surface area (Å²) in [6.45, 7) is 0.584. The first-order valence-electron chi connectivity index (χ1n) is 5.42. The number of hydrogen-bond acceptors (Lipinski definition) is 4. The summed E-state index contributed by atoms with van der Waals surface area (Å²) < 4.78 is 5.08. The number of carbonyl (C=O) groups excluding carboxylic acids is 1. The van der Waals surface area contributed by atoms with E-state index in [4.69, 9.17) is 33.5 Å². The number of nitrogens with zero attached hydrogens (tertiary/aromatic N) is 1. The van der Waals surface area contributed by atoms with Gasteiger partial charge in [0.2, 0.25) is 0 Å². The molecule has 1 aromatic carbocycles. The van der Waals surface area contributed by atoms with Gasteiger partial charge in [0.25, 0.3) is 5.91 Å². The molecule has 0 heterocycles. The van der Waals surface area contributed by atoms with Crippen molar-refractivity contribution in [3.63, 3.8) is 0 Å². The molecule has 104 valence electrons. The maximum atomic E-state index is 11.9. The molecule has 0 aromatic heterocycles. The van der Waals surface area contributed by atoms with Gasteiger partial charge in [0.15, 0.2) is 5.96 Å². The summed E-state index contributed by atoms with van der Waals surface area (Å²) in [5, 5.41) is 2.93. The van der Waals surface area contributed by atoms with Crippen LogP contribution in [-0.4, -0.2) is 32.1 Å². The van der Waals surface area contributed by atoms with E-state index in [9.17, 15) is 4.79 Å². The van der Waals surface area contributed by atoms with Crippen molar-refractivity contribution in [2.24, 2.45) is 16.5 Å². The summed E-state index contributed by atoms with van der Waals surface area (Å²) in [5.74, 6) is -0.0202. The number of rotatable bonds is 5. The normalized spacial score (nSPS) is 9.79. The number of nitrogens with one attached hydrogen (secondary N) is 1. The van der Waals surface area contributed by atoms with Gasteiger partial charge < -0.3 is 27.3 Å². The molecule has 0 saturated heterocycles. The van der Waals surface area contributed by atoms with Gasteiger partial charge in [0.1, 0.15) is 5.75 Å². The molecule has 0 fully saturated rings. The lowest BCUT2D eigenvalue weighted by Gasteiger charge is -2.10. The Hall–Kier alpha value is -2.15. The van der Waals surface area contributed by atoms with Crippen LogP contribution in [0, 0.1) is 0 Å². The van der Waals surface area contributed by atoms with Crippen molar-refractivity contribution in [2.75, 3.05) is 25.9 Å². The Morgan fingerprint density at radius 1 is 1.47 bits per heavy atom. The third-order valence-electron chi connectivity index (χ3n) is 2.26. The molecule has 0 unspecified atom stereocenters. The van der Waals surface area contributed by atoms with Gasteiger partial charge in [-0.3, -0.25) is 9.79 Å². The molecule has 0 spiro atoms. The lowest BCUT2D eigenvalue weighted by Crippen LogP contribution is -2.29. The first-order chi connectivity index (χ1) is 8.95. The second kappa shape index (κ2) is 6.69. The number of amides is 1. The van der Waals surface area contributed by atoms with Gasteiger partial charge in [-0.2, -0.15) is 0 Å². The summed E-state index contributed by atoms with van der Waals surface area (Å²) in [6.07, 6.45) is 0. The van der Waals surface area contributed by atoms with E-state index in [0.717, 1.165) is 0 Å². The molecule has 0 aliphatic rings. The number of aliphatic imine (C=N–C) groups is 1. The highest BCUT2D eigenvalue weighted by molar-refractivity contribution is 6.33. The smallest absolute Gasteiger partial charge is 0.255 e. The summed E-state index contributed by atoms with van der Waals surface area (Å²) in [4.78, 5) is 15.7. The molecule has 1 aromatic rings. The minimum absolute atomic E-state index is 0.0256. The van der Waals surface area contributed by atoms with E-state index in [2.05, 4.69) is 10.3 Å². The second-order valence-electron chi connectivity index (χ2n) is 3.64. The second-order valence-corrected chi connectivity index (χ2v) is 4.04. The van der Waals surface area contributed by atoms with E-state index in [1.807, 2.05) is 0 Å². The molecule has 7 nitrogen and oxygen atoms in total. The van der Waals surface area contributed by atoms with E-state index in [1.54, 1.807) is 0 Å². The van der Waals surface area contributed by atoms with Gasteiger partial charge in [0.05, 0.1) is 29.9 Å². The monoisotopic (exact) mass is 285 g/mol. The fourth-order valence-electron chi connectivity index (χ4n) is 1.37. The Morgan fingerprint density at radius 2 is 2.16 bits per heavy atom. The Kier molecular flexibility index (Phi) is 5.25. The van der Waals surface area contributed by atoms with Crippen molar-refractivity contribution in [1.29, 1.82) is 0 Å². The summed E-state index contributed by atoms with van der Waals surface area (Å²) in [6, 6.07) is 2.94. The van der Waals surface area contributed by atoms with Gasteiger partial charge >= 0.3 is 0 Å². The van der Waals surface area contributed by atoms with Crippen molar-refractivity contribution >= 4 is 29.2 Å². The molecule has 0 atom stereocenters. The van der Waals surface area contributed by atoms with Gasteiger partial charge in [-0.05, 0) is 6.07 Å². The molecule has 1 rings (SSSR count).